The summed E-state index contributed by atoms with van der Waals surface area (Å²) in [4.78, 5) is 19.1. The van der Waals surface area contributed by atoms with E-state index in [9.17, 15) is 26.4 Å². The van der Waals surface area contributed by atoms with E-state index in [1.54, 1.807) is 12.1 Å². The topological polar surface area (TPSA) is 101 Å². The third-order valence-electron chi connectivity index (χ3n) is 4.31. The van der Waals surface area contributed by atoms with Crippen LogP contribution in [-0.4, -0.2) is 42.9 Å². The molecule has 12 heteroatoms. The summed E-state index contributed by atoms with van der Waals surface area (Å²) in [6.45, 7) is 0.294. The molecule has 1 aliphatic heterocycles. The molecule has 2 aromatic rings. The Kier molecular flexibility index (Phi) is 6.46. The van der Waals surface area contributed by atoms with E-state index in [2.05, 4.69) is 14.9 Å². The van der Waals surface area contributed by atoms with E-state index in [0.29, 0.717) is 24.1 Å². The number of hydrogen-bond acceptors (Lipinski definition) is 6. The fourth-order valence-electron chi connectivity index (χ4n) is 2.80. The number of ether oxygens (including phenoxy) is 1. The zero-order chi connectivity index (χ0) is 21.8. The number of oxime groups is 1. The lowest BCUT2D eigenvalue weighted by molar-refractivity contribution is -0.274. The molecule has 1 saturated heterocycles. The normalized spacial score (nSPS) is 15.6. The summed E-state index contributed by atoms with van der Waals surface area (Å²) in [5.41, 5.74) is 0.799. The number of benzene rings is 1. The van der Waals surface area contributed by atoms with Gasteiger partial charge in [0.2, 0.25) is 10.0 Å². The second-order valence-electron chi connectivity index (χ2n) is 6.38. The van der Waals surface area contributed by atoms with E-state index in [0.717, 1.165) is 24.3 Å². The molecule has 0 atom stereocenters. The minimum atomic E-state index is -4.85. The minimum absolute atomic E-state index is 0.00592. The quantitative estimate of drug-likeness (QED) is 0.689. The van der Waals surface area contributed by atoms with Gasteiger partial charge in [-0.05, 0) is 36.4 Å². The predicted octanol–water partition coefficient (Wildman–Crippen LogP) is 2.63. The van der Waals surface area contributed by atoms with Gasteiger partial charge in [0.05, 0.1) is 16.2 Å². The maximum atomic E-state index is 12.7. The highest BCUT2D eigenvalue weighted by Gasteiger charge is 2.32. The molecule has 0 bridgehead atoms. The molecule has 0 saturated carbocycles. The van der Waals surface area contributed by atoms with Gasteiger partial charge in [0.1, 0.15) is 12.4 Å². The fourth-order valence-corrected chi connectivity index (χ4v) is 4.24. The smallest absolute Gasteiger partial charge is 0.406 e. The number of aromatic amines is 1. The van der Waals surface area contributed by atoms with Crippen LogP contribution < -0.4 is 10.3 Å². The average molecular weight is 445 g/mol. The highest BCUT2D eigenvalue weighted by Crippen LogP contribution is 2.26. The van der Waals surface area contributed by atoms with Crippen molar-refractivity contribution >= 4 is 15.7 Å². The van der Waals surface area contributed by atoms with Gasteiger partial charge in [0, 0.05) is 32.1 Å². The summed E-state index contributed by atoms with van der Waals surface area (Å²) in [5.74, 6) is -0.496. The average Bonchev–Trinajstić information content (AvgIpc) is 2.69. The van der Waals surface area contributed by atoms with Gasteiger partial charge in [-0.15, -0.1) is 13.2 Å². The molecule has 0 spiro atoms. The Morgan fingerprint density at radius 1 is 1.10 bits per heavy atom. The van der Waals surface area contributed by atoms with Crippen molar-refractivity contribution in [3.05, 3.63) is 58.5 Å². The van der Waals surface area contributed by atoms with E-state index in [4.69, 9.17) is 4.84 Å². The van der Waals surface area contributed by atoms with Crippen molar-refractivity contribution in [1.82, 2.24) is 9.29 Å². The number of H-pyrrole nitrogens is 1. The van der Waals surface area contributed by atoms with Gasteiger partial charge < -0.3 is 14.6 Å². The lowest BCUT2D eigenvalue weighted by atomic mass is 10.1. The van der Waals surface area contributed by atoms with Gasteiger partial charge in [-0.3, -0.25) is 4.79 Å². The van der Waals surface area contributed by atoms with Crippen LogP contribution in [0.2, 0.25) is 0 Å². The van der Waals surface area contributed by atoms with Gasteiger partial charge in [0.25, 0.3) is 5.56 Å². The molecule has 162 valence electrons. The maximum absolute atomic E-state index is 12.7. The van der Waals surface area contributed by atoms with Gasteiger partial charge >= 0.3 is 6.36 Å². The van der Waals surface area contributed by atoms with E-state index in [1.165, 1.54) is 10.5 Å². The van der Waals surface area contributed by atoms with Crippen molar-refractivity contribution in [1.29, 1.82) is 0 Å². The molecule has 1 aliphatic rings. The number of hydrogen-bond donors (Lipinski definition) is 1. The van der Waals surface area contributed by atoms with Crippen molar-refractivity contribution in [3.63, 3.8) is 0 Å². The number of pyridine rings is 1. The molecule has 1 N–H and O–H groups in total. The molecule has 2 heterocycles. The SMILES string of the molecule is O=c1[nH]cccc1CON=C1CCN(S(=O)(=O)c2ccc(OC(F)(F)F)cc2)CC1. The molecule has 8 nitrogen and oxygen atoms in total. The van der Waals surface area contributed by atoms with Crippen LogP contribution in [0.15, 0.2) is 57.4 Å². The second-order valence-corrected chi connectivity index (χ2v) is 8.32. The fraction of sp³-hybridized carbons (Fsp3) is 0.333. The van der Waals surface area contributed by atoms with E-state index in [1.807, 2.05) is 0 Å². The Morgan fingerprint density at radius 2 is 1.77 bits per heavy atom. The number of sulfonamides is 1. The Labute approximate surface area is 170 Å². The van der Waals surface area contributed by atoms with E-state index in [-0.39, 0.29) is 30.2 Å². The number of nitrogens with zero attached hydrogens (tertiary/aromatic N) is 2. The number of aromatic nitrogens is 1. The molecular weight excluding hydrogens is 427 g/mol. The minimum Gasteiger partial charge on any atom is -0.406 e. The number of piperidine rings is 1. The van der Waals surface area contributed by atoms with Crippen molar-refractivity contribution in [2.45, 2.75) is 30.7 Å². The van der Waals surface area contributed by atoms with Crippen molar-refractivity contribution in [2.75, 3.05) is 13.1 Å². The molecule has 1 aromatic heterocycles. The highest BCUT2D eigenvalue weighted by molar-refractivity contribution is 7.89. The lowest BCUT2D eigenvalue weighted by Crippen LogP contribution is -2.38. The largest absolute Gasteiger partial charge is 0.573 e. The van der Waals surface area contributed by atoms with Crippen LogP contribution >= 0.6 is 0 Å². The number of rotatable bonds is 6. The molecule has 30 heavy (non-hydrogen) atoms. The van der Waals surface area contributed by atoms with Crippen molar-refractivity contribution < 1.29 is 31.2 Å². The van der Waals surface area contributed by atoms with Crippen LogP contribution in [0, 0.1) is 0 Å². The molecule has 1 fully saturated rings. The van der Waals surface area contributed by atoms with E-state index < -0.39 is 22.1 Å². The first-order valence-electron chi connectivity index (χ1n) is 8.85. The molecule has 0 aliphatic carbocycles. The summed E-state index contributed by atoms with van der Waals surface area (Å²) in [7, 11) is -3.86. The highest BCUT2D eigenvalue weighted by atomic mass is 32.2. The molecule has 3 rings (SSSR count). The number of alkyl halides is 3. The summed E-state index contributed by atoms with van der Waals surface area (Å²) in [6, 6.07) is 7.32. The number of nitrogens with one attached hydrogen (secondary N) is 1. The summed E-state index contributed by atoms with van der Waals surface area (Å²) < 4.78 is 67.0. The second kappa shape index (κ2) is 8.88. The Balaban J connectivity index is 1.57. The van der Waals surface area contributed by atoms with E-state index >= 15 is 0 Å². The first-order chi connectivity index (χ1) is 14.1. The monoisotopic (exact) mass is 445 g/mol. The van der Waals surface area contributed by atoms with Crippen molar-refractivity contribution in [2.24, 2.45) is 5.16 Å². The van der Waals surface area contributed by atoms with Crippen LogP contribution in [0.4, 0.5) is 13.2 Å². The van der Waals surface area contributed by atoms with Crippen LogP contribution in [0.3, 0.4) is 0 Å². The maximum Gasteiger partial charge on any atom is 0.573 e. The molecule has 1 aromatic carbocycles. The lowest BCUT2D eigenvalue weighted by Gasteiger charge is -2.26. The van der Waals surface area contributed by atoms with Gasteiger partial charge in [-0.1, -0.05) is 5.16 Å². The summed E-state index contributed by atoms with van der Waals surface area (Å²) >= 11 is 0. The third-order valence-corrected chi connectivity index (χ3v) is 6.22. The first-order valence-corrected chi connectivity index (χ1v) is 10.3. The van der Waals surface area contributed by atoms with Crippen molar-refractivity contribution in [3.8, 4) is 5.75 Å². The standard InChI is InChI=1S/C18H18F3N3O5S/c19-18(20,21)29-15-3-5-16(6-4-15)30(26,27)24-10-7-14(8-11-24)23-28-12-13-2-1-9-22-17(13)25/h1-6,9H,7-8,10-12H2,(H,22,25). The third kappa shape index (κ3) is 5.60. The zero-order valence-electron chi connectivity index (χ0n) is 15.6. The van der Waals surface area contributed by atoms with Gasteiger partial charge in [0.15, 0.2) is 0 Å². The van der Waals surface area contributed by atoms with Gasteiger partial charge in [-0.25, -0.2) is 8.42 Å². The van der Waals surface area contributed by atoms with Gasteiger partial charge in [-0.2, -0.15) is 4.31 Å². The Bertz CT molecular complexity index is 1060. The zero-order valence-corrected chi connectivity index (χ0v) is 16.4. The van der Waals surface area contributed by atoms with Crippen LogP contribution in [0.25, 0.3) is 0 Å². The molecule has 0 radical (unpaired) electrons. The summed E-state index contributed by atoms with van der Waals surface area (Å²) in [5, 5.41) is 3.97. The molecule has 0 unspecified atom stereocenters. The first kappa shape index (κ1) is 21.8. The summed E-state index contributed by atoms with van der Waals surface area (Å²) in [6.07, 6.45) is -2.68. The predicted molar refractivity (Wildman–Crippen MR) is 100 cm³/mol. The van der Waals surface area contributed by atoms with Crippen LogP contribution in [0.5, 0.6) is 5.75 Å². The van der Waals surface area contributed by atoms with Crippen LogP contribution in [0.1, 0.15) is 18.4 Å². The Hall–Kier alpha value is -2.86. The Morgan fingerprint density at radius 3 is 2.37 bits per heavy atom. The molecular formula is C18H18F3N3O5S. The molecule has 0 amide bonds. The van der Waals surface area contributed by atoms with Crippen LogP contribution in [-0.2, 0) is 21.5 Å². The number of halogens is 3.